The zero-order chi connectivity index (χ0) is 18.0. The molecule has 0 aliphatic carbocycles. The van der Waals surface area contributed by atoms with Gasteiger partial charge in [0.15, 0.2) is 0 Å². The molecule has 1 saturated heterocycles. The largest absolute Gasteiger partial charge is 0.343 e. The van der Waals surface area contributed by atoms with E-state index >= 15 is 0 Å². The summed E-state index contributed by atoms with van der Waals surface area (Å²) in [6.45, 7) is 2.48. The molecule has 1 aliphatic rings. The summed E-state index contributed by atoms with van der Waals surface area (Å²) in [4.78, 5) is 26.6. The molecule has 2 aromatic carbocycles. The number of halogens is 1. The SMILES string of the molecule is Cc1ccc(C(N)C(=O)NC2CCN(c3ccccc3Cl)C2=O)cc1. The van der Waals surface area contributed by atoms with Gasteiger partial charge in [0.2, 0.25) is 11.8 Å². The van der Waals surface area contributed by atoms with Gasteiger partial charge in [-0.05, 0) is 31.0 Å². The molecule has 3 rings (SSSR count). The lowest BCUT2D eigenvalue weighted by molar-refractivity contribution is -0.127. The number of benzene rings is 2. The van der Waals surface area contributed by atoms with Crippen LogP contribution in [0.3, 0.4) is 0 Å². The van der Waals surface area contributed by atoms with Crippen molar-refractivity contribution in [3.63, 3.8) is 0 Å². The van der Waals surface area contributed by atoms with Crippen LogP contribution in [0.5, 0.6) is 0 Å². The normalized spacial score (nSPS) is 18.3. The Kier molecular flexibility index (Phi) is 5.06. The molecule has 3 N–H and O–H groups in total. The van der Waals surface area contributed by atoms with Crippen LogP contribution in [0.4, 0.5) is 5.69 Å². The smallest absolute Gasteiger partial charge is 0.249 e. The number of aryl methyl sites for hydroxylation is 1. The second kappa shape index (κ2) is 7.25. The molecule has 2 atom stereocenters. The molecule has 6 heteroatoms. The van der Waals surface area contributed by atoms with Crippen LogP contribution in [-0.4, -0.2) is 24.4 Å². The van der Waals surface area contributed by atoms with Gasteiger partial charge in [0.1, 0.15) is 12.1 Å². The van der Waals surface area contributed by atoms with E-state index in [2.05, 4.69) is 5.32 Å². The highest BCUT2D eigenvalue weighted by molar-refractivity contribution is 6.34. The minimum Gasteiger partial charge on any atom is -0.343 e. The maximum atomic E-state index is 12.6. The average Bonchev–Trinajstić information content (AvgIpc) is 2.96. The molecular weight excluding hydrogens is 338 g/mol. The third kappa shape index (κ3) is 3.67. The molecule has 0 bridgehead atoms. The molecule has 2 aromatic rings. The van der Waals surface area contributed by atoms with Crippen LogP contribution in [0.1, 0.15) is 23.6 Å². The van der Waals surface area contributed by atoms with E-state index in [-0.39, 0.29) is 11.8 Å². The fourth-order valence-electron chi connectivity index (χ4n) is 2.91. The summed E-state index contributed by atoms with van der Waals surface area (Å²) in [6.07, 6.45) is 0.524. The van der Waals surface area contributed by atoms with Gasteiger partial charge in [-0.2, -0.15) is 0 Å². The first-order valence-corrected chi connectivity index (χ1v) is 8.53. The summed E-state index contributed by atoms with van der Waals surface area (Å²) >= 11 is 6.17. The Morgan fingerprint density at radius 3 is 2.60 bits per heavy atom. The van der Waals surface area contributed by atoms with E-state index in [1.165, 1.54) is 0 Å². The highest BCUT2D eigenvalue weighted by atomic mass is 35.5. The monoisotopic (exact) mass is 357 g/mol. The van der Waals surface area contributed by atoms with Gasteiger partial charge in [0, 0.05) is 6.54 Å². The fourth-order valence-corrected chi connectivity index (χ4v) is 3.15. The van der Waals surface area contributed by atoms with Crippen molar-refractivity contribution in [3.05, 3.63) is 64.7 Å². The third-order valence-corrected chi connectivity index (χ3v) is 4.70. The minimum absolute atomic E-state index is 0.169. The molecular formula is C19H20ClN3O2. The molecule has 0 saturated carbocycles. The fraction of sp³-hybridized carbons (Fsp3) is 0.263. The minimum atomic E-state index is -0.803. The van der Waals surface area contributed by atoms with Crippen LogP contribution >= 0.6 is 11.6 Å². The molecule has 2 unspecified atom stereocenters. The first-order chi connectivity index (χ1) is 12.0. The van der Waals surface area contributed by atoms with Crippen molar-refractivity contribution in [2.75, 3.05) is 11.4 Å². The highest BCUT2D eigenvalue weighted by Crippen LogP contribution is 2.29. The number of hydrogen-bond donors (Lipinski definition) is 2. The van der Waals surface area contributed by atoms with Gasteiger partial charge in [0.05, 0.1) is 10.7 Å². The van der Waals surface area contributed by atoms with Crippen molar-refractivity contribution in [2.24, 2.45) is 5.73 Å². The van der Waals surface area contributed by atoms with Crippen LogP contribution in [-0.2, 0) is 9.59 Å². The van der Waals surface area contributed by atoms with Crippen molar-refractivity contribution in [1.82, 2.24) is 5.32 Å². The molecule has 2 amide bonds. The number of amides is 2. The Morgan fingerprint density at radius 1 is 1.24 bits per heavy atom. The van der Waals surface area contributed by atoms with E-state index in [0.29, 0.717) is 23.7 Å². The molecule has 5 nitrogen and oxygen atoms in total. The number of carbonyl (C=O) groups is 2. The molecule has 130 valence electrons. The number of nitrogens with two attached hydrogens (primary N) is 1. The standard InChI is InChI=1S/C19H20ClN3O2/c1-12-6-8-13(9-7-12)17(21)18(24)22-15-10-11-23(19(15)25)16-5-3-2-4-14(16)20/h2-9,15,17H,10-11,21H2,1H3,(H,22,24). The van der Waals surface area contributed by atoms with Gasteiger partial charge < -0.3 is 16.0 Å². The quantitative estimate of drug-likeness (QED) is 0.883. The lowest BCUT2D eigenvalue weighted by atomic mass is 10.0. The van der Waals surface area contributed by atoms with Crippen LogP contribution in [0.15, 0.2) is 48.5 Å². The third-order valence-electron chi connectivity index (χ3n) is 4.38. The van der Waals surface area contributed by atoms with Gasteiger partial charge >= 0.3 is 0 Å². The van der Waals surface area contributed by atoms with Crippen molar-refractivity contribution < 1.29 is 9.59 Å². The Balaban J connectivity index is 1.67. The van der Waals surface area contributed by atoms with Gasteiger partial charge in [-0.15, -0.1) is 0 Å². The molecule has 0 radical (unpaired) electrons. The van der Waals surface area contributed by atoms with Crippen LogP contribution < -0.4 is 16.0 Å². The molecule has 25 heavy (non-hydrogen) atoms. The van der Waals surface area contributed by atoms with E-state index in [9.17, 15) is 9.59 Å². The average molecular weight is 358 g/mol. The van der Waals surface area contributed by atoms with Crippen LogP contribution in [0, 0.1) is 6.92 Å². The van der Waals surface area contributed by atoms with Crippen molar-refractivity contribution in [1.29, 1.82) is 0 Å². The predicted molar refractivity (Wildman–Crippen MR) is 98.5 cm³/mol. The molecule has 0 spiro atoms. The second-order valence-corrected chi connectivity index (χ2v) is 6.59. The summed E-state index contributed by atoms with van der Waals surface area (Å²) in [5.41, 5.74) is 8.50. The van der Waals surface area contributed by atoms with E-state index in [1.54, 1.807) is 17.0 Å². The summed E-state index contributed by atoms with van der Waals surface area (Å²) < 4.78 is 0. The molecule has 0 aromatic heterocycles. The molecule has 1 heterocycles. The van der Waals surface area contributed by atoms with Crippen molar-refractivity contribution >= 4 is 29.1 Å². The van der Waals surface area contributed by atoms with E-state index in [1.807, 2.05) is 43.3 Å². The van der Waals surface area contributed by atoms with Gasteiger partial charge in [0.25, 0.3) is 0 Å². The van der Waals surface area contributed by atoms with Gasteiger partial charge in [-0.1, -0.05) is 53.6 Å². The lowest BCUT2D eigenvalue weighted by Crippen LogP contribution is -2.45. The number of rotatable bonds is 4. The van der Waals surface area contributed by atoms with Crippen LogP contribution in [0.2, 0.25) is 5.02 Å². The second-order valence-electron chi connectivity index (χ2n) is 6.18. The number of nitrogens with one attached hydrogen (secondary N) is 1. The number of anilines is 1. The lowest BCUT2D eigenvalue weighted by Gasteiger charge is -2.19. The van der Waals surface area contributed by atoms with Crippen molar-refractivity contribution in [2.45, 2.75) is 25.4 Å². The van der Waals surface area contributed by atoms with Gasteiger partial charge in [-0.25, -0.2) is 0 Å². The number of carbonyl (C=O) groups excluding carboxylic acids is 2. The zero-order valence-electron chi connectivity index (χ0n) is 13.9. The zero-order valence-corrected chi connectivity index (χ0v) is 14.7. The van der Waals surface area contributed by atoms with E-state index < -0.39 is 12.1 Å². The Hall–Kier alpha value is -2.37. The predicted octanol–water partition coefficient (Wildman–Crippen LogP) is 2.57. The molecule has 1 aliphatic heterocycles. The highest BCUT2D eigenvalue weighted by Gasteiger charge is 2.35. The number of para-hydroxylation sites is 1. The van der Waals surface area contributed by atoms with E-state index in [0.717, 1.165) is 11.1 Å². The summed E-state index contributed by atoms with van der Waals surface area (Å²) in [6, 6.07) is 13.2. The number of hydrogen-bond acceptors (Lipinski definition) is 3. The Bertz CT molecular complexity index is 792. The Morgan fingerprint density at radius 2 is 1.92 bits per heavy atom. The summed E-state index contributed by atoms with van der Waals surface area (Å²) in [5.74, 6) is -0.527. The van der Waals surface area contributed by atoms with Crippen molar-refractivity contribution in [3.8, 4) is 0 Å². The topological polar surface area (TPSA) is 75.4 Å². The van der Waals surface area contributed by atoms with Gasteiger partial charge in [-0.3, -0.25) is 9.59 Å². The summed E-state index contributed by atoms with van der Waals surface area (Å²) in [5, 5.41) is 3.28. The summed E-state index contributed by atoms with van der Waals surface area (Å²) in [7, 11) is 0. The first kappa shape index (κ1) is 17.5. The molecule has 1 fully saturated rings. The first-order valence-electron chi connectivity index (χ1n) is 8.16. The maximum absolute atomic E-state index is 12.6. The number of nitrogens with zero attached hydrogens (tertiary/aromatic N) is 1. The maximum Gasteiger partial charge on any atom is 0.249 e. The van der Waals surface area contributed by atoms with E-state index in [4.69, 9.17) is 17.3 Å². The Labute approximate surface area is 151 Å². The van der Waals surface area contributed by atoms with Crippen LogP contribution in [0.25, 0.3) is 0 Å².